The first-order chi connectivity index (χ1) is 12.9. The van der Waals surface area contributed by atoms with Gasteiger partial charge in [-0.05, 0) is 37.8 Å². The van der Waals surface area contributed by atoms with Crippen molar-refractivity contribution >= 4 is 29.3 Å². The van der Waals surface area contributed by atoms with Gasteiger partial charge in [0.05, 0.1) is 17.2 Å². The number of fused-ring (bicyclic) bond motifs is 2. The summed E-state index contributed by atoms with van der Waals surface area (Å²) >= 11 is 0. The highest BCUT2D eigenvalue weighted by molar-refractivity contribution is 5.85. The monoisotopic (exact) mass is 384 g/mol. The summed E-state index contributed by atoms with van der Waals surface area (Å²) in [5.74, 6) is 3.91. The predicted molar refractivity (Wildman–Crippen MR) is 109 cm³/mol. The summed E-state index contributed by atoms with van der Waals surface area (Å²) in [6.07, 6.45) is 9.01. The molecule has 0 N–H and O–H groups in total. The van der Waals surface area contributed by atoms with E-state index in [1.165, 1.54) is 30.9 Å². The van der Waals surface area contributed by atoms with E-state index in [-0.39, 0.29) is 12.4 Å². The van der Waals surface area contributed by atoms with Crippen molar-refractivity contribution in [2.75, 3.05) is 18.0 Å². The molecule has 0 saturated carbocycles. The third-order valence-corrected chi connectivity index (χ3v) is 5.76. The summed E-state index contributed by atoms with van der Waals surface area (Å²) in [6.45, 7) is 3.09. The molecule has 1 fully saturated rings. The van der Waals surface area contributed by atoms with E-state index in [9.17, 15) is 0 Å². The first-order valence-corrected chi connectivity index (χ1v) is 9.77. The Bertz CT molecular complexity index is 916. The van der Waals surface area contributed by atoms with Gasteiger partial charge in [-0.15, -0.1) is 22.6 Å². The van der Waals surface area contributed by atoms with Crippen molar-refractivity contribution < 1.29 is 0 Å². The van der Waals surface area contributed by atoms with Crippen LogP contribution in [-0.2, 0) is 13.0 Å². The summed E-state index contributed by atoms with van der Waals surface area (Å²) < 4.78 is 2.41. The van der Waals surface area contributed by atoms with Crippen LogP contribution in [0.1, 0.15) is 49.7 Å². The highest BCUT2D eigenvalue weighted by Crippen LogP contribution is 2.30. The van der Waals surface area contributed by atoms with E-state index in [0.29, 0.717) is 5.92 Å². The van der Waals surface area contributed by atoms with Gasteiger partial charge in [-0.3, -0.25) is 4.98 Å². The number of halogens is 1. The van der Waals surface area contributed by atoms with Crippen LogP contribution in [0.15, 0.2) is 30.5 Å². The van der Waals surface area contributed by atoms with E-state index in [4.69, 9.17) is 4.98 Å². The van der Waals surface area contributed by atoms with Crippen LogP contribution in [0.25, 0.3) is 11.0 Å². The van der Waals surface area contributed by atoms with Gasteiger partial charge in [0.2, 0.25) is 0 Å². The van der Waals surface area contributed by atoms with Crippen LogP contribution < -0.4 is 4.90 Å². The normalized spacial score (nSPS) is 18.0. The Balaban J connectivity index is 0.00000180. The first kappa shape index (κ1) is 18.2. The molecule has 1 saturated heterocycles. The summed E-state index contributed by atoms with van der Waals surface area (Å²) in [7, 11) is 0. The van der Waals surface area contributed by atoms with Crippen molar-refractivity contribution in [1.29, 1.82) is 0 Å². The quantitative estimate of drug-likeness (QED) is 0.673. The number of hydrogen-bond donors (Lipinski definition) is 0. The van der Waals surface area contributed by atoms with Crippen molar-refractivity contribution in [3.8, 4) is 0 Å². The number of para-hydroxylation sites is 2. The highest BCUT2D eigenvalue weighted by atomic mass is 35.5. The highest BCUT2D eigenvalue weighted by Gasteiger charge is 2.27. The molecule has 2 aliphatic rings. The average molecular weight is 385 g/mol. The van der Waals surface area contributed by atoms with Gasteiger partial charge in [-0.2, -0.15) is 0 Å². The minimum atomic E-state index is 0. The second-order valence-electron chi connectivity index (χ2n) is 7.41. The van der Waals surface area contributed by atoms with Crippen LogP contribution in [0.2, 0.25) is 0 Å². The molecule has 2 aromatic heterocycles. The molecule has 1 aromatic carbocycles. The summed E-state index contributed by atoms with van der Waals surface area (Å²) in [4.78, 5) is 11.7. The molecule has 5 rings (SSSR count). The lowest BCUT2D eigenvalue weighted by Gasteiger charge is -2.32. The summed E-state index contributed by atoms with van der Waals surface area (Å²) in [5.41, 5.74) is 1.92. The third-order valence-electron chi connectivity index (χ3n) is 5.76. The molecule has 27 heavy (non-hydrogen) atoms. The Labute approximate surface area is 165 Å². The zero-order valence-electron chi connectivity index (χ0n) is 15.4. The first-order valence-electron chi connectivity index (χ1n) is 9.77. The van der Waals surface area contributed by atoms with E-state index in [2.05, 4.69) is 24.6 Å². The second kappa shape index (κ2) is 7.80. The molecular weight excluding hydrogens is 360 g/mol. The van der Waals surface area contributed by atoms with Gasteiger partial charge in [-0.25, -0.2) is 4.98 Å². The molecule has 7 heteroatoms. The van der Waals surface area contributed by atoms with E-state index < -0.39 is 0 Å². The maximum Gasteiger partial charge on any atom is 0.147 e. The molecular formula is C20H25ClN6. The lowest BCUT2D eigenvalue weighted by atomic mass is 9.96. The van der Waals surface area contributed by atoms with E-state index in [1.807, 2.05) is 30.5 Å². The SMILES string of the molecule is Cl.c1ccc2nc(N3CCC(c4nnc5n4CCCCC5)CC3)cnc2c1. The molecule has 0 spiro atoms. The molecule has 0 radical (unpaired) electrons. The van der Waals surface area contributed by atoms with Crippen molar-refractivity contribution in [2.24, 2.45) is 0 Å². The van der Waals surface area contributed by atoms with E-state index in [0.717, 1.165) is 55.7 Å². The number of benzene rings is 1. The van der Waals surface area contributed by atoms with Gasteiger partial charge < -0.3 is 9.47 Å². The average Bonchev–Trinajstić information content (AvgIpc) is 2.96. The molecule has 142 valence electrons. The molecule has 0 atom stereocenters. The van der Waals surface area contributed by atoms with Gasteiger partial charge >= 0.3 is 0 Å². The lowest BCUT2D eigenvalue weighted by Crippen LogP contribution is -2.34. The van der Waals surface area contributed by atoms with Crippen molar-refractivity contribution in [1.82, 2.24) is 24.7 Å². The van der Waals surface area contributed by atoms with Gasteiger partial charge in [0.25, 0.3) is 0 Å². The molecule has 0 unspecified atom stereocenters. The largest absolute Gasteiger partial charge is 0.355 e. The van der Waals surface area contributed by atoms with E-state index in [1.54, 1.807) is 0 Å². The minimum Gasteiger partial charge on any atom is -0.355 e. The topological polar surface area (TPSA) is 59.7 Å². The minimum absolute atomic E-state index is 0. The fourth-order valence-electron chi connectivity index (χ4n) is 4.28. The smallest absolute Gasteiger partial charge is 0.147 e. The van der Waals surface area contributed by atoms with Gasteiger partial charge in [0.1, 0.15) is 17.5 Å². The number of rotatable bonds is 2. The number of nitrogens with zero attached hydrogens (tertiary/aromatic N) is 6. The number of piperidine rings is 1. The lowest BCUT2D eigenvalue weighted by molar-refractivity contribution is 0.458. The fraction of sp³-hybridized carbons (Fsp3) is 0.500. The zero-order valence-corrected chi connectivity index (χ0v) is 16.2. The third kappa shape index (κ3) is 3.50. The van der Waals surface area contributed by atoms with E-state index >= 15 is 0 Å². The maximum atomic E-state index is 4.80. The molecule has 4 heterocycles. The van der Waals surface area contributed by atoms with Gasteiger partial charge in [0, 0.05) is 32.0 Å². The number of aryl methyl sites for hydroxylation is 1. The van der Waals surface area contributed by atoms with Crippen LogP contribution in [0.3, 0.4) is 0 Å². The van der Waals surface area contributed by atoms with Crippen LogP contribution in [0.5, 0.6) is 0 Å². The van der Waals surface area contributed by atoms with Crippen molar-refractivity contribution in [2.45, 2.75) is 51.0 Å². The number of aromatic nitrogens is 5. The number of anilines is 1. The Morgan fingerprint density at radius 3 is 2.56 bits per heavy atom. The Kier molecular flexibility index (Phi) is 5.25. The van der Waals surface area contributed by atoms with Gasteiger partial charge in [-0.1, -0.05) is 18.6 Å². The van der Waals surface area contributed by atoms with Crippen molar-refractivity contribution in [3.63, 3.8) is 0 Å². The Hall–Kier alpha value is -2.21. The van der Waals surface area contributed by atoms with Crippen LogP contribution in [0, 0.1) is 0 Å². The summed E-state index contributed by atoms with van der Waals surface area (Å²) in [5, 5.41) is 9.05. The molecule has 2 aliphatic heterocycles. The molecule has 0 amide bonds. The standard InChI is InChI=1S/C20H24N6.ClH/c1-2-8-18-23-24-20(26(18)11-5-1)15-9-12-25(13-10-15)19-14-21-16-6-3-4-7-17(16)22-19;/h3-4,6-7,14-15H,1-2,5,8-13H2;1H. The van der Waals surface area contributed by atoms with Crippen molar-refractivity contribution in [3.05, 3.63) is 42.1 Å². The van der Waals surface area contributed by atoms with Gasteiger partial charge in [0.15, 0.2) is 0 Å². The number of hydrogen-bond acceptors (Lipinski definition) is 5. The van der Waals surface area contributed by atoms with Crippen LogP contribution >= 0.6 is 12.4 Å². The van der Waals surface area contributed by atoms with Crippen LogP contribution in [-0.4, -0.2) is 37.8 Å². The zero-order chi connectivity index (χ0) is 17.3. The molecule has 3 aromatic rings. The summed E-state index contributed by atoms with van der Waals surface area (Å²) in [6, 6.07) is 8.06. The molecule has 0 bridgehead atoms. The molecule has 6 nitrogen and oxygen atoms in total. The second-order valence-corrected chi connectivity index (χ2v) is 7.41. The van der Waals surface area contributed by atoms with Crippen LogP contribution in [0.4, 0.5) is 5.82 Å². The Morgan fingerprint density at radius 2 is 1.70 bits per heavy atom. The maximum absolute atomic E-state index is 4.80. The molecule has 0 aliphatic carbocycles. The fourth-order valence-corrected chi connectivity index (χ4v) is 4.28. The Morgan fingerprint density at radius 1 is 0.889 bits per heavy atom. The predicted octanol–water partition coefficient (Wildman–Crippen LogP) is 3.75.